The van der Waals surface area contributed by atoms with Gasteiger partial charge in [0, 0.05) is 0 Å². The topological polar surface area (TPSA) is 104 Å². The fourth-order valence-electron chi connectivity index (χ4n) is 1.23. The van der Waals surface area contributed by atoms with Crippen molar-refractivity contribution < 1.29 is 26.6 Å². The Morgan fingerprint density at radius 3 is 2.31 bits per heavy atom. The van der Waals surface area contributed by atoms with Gasteiger partial charge in [0.2, 0.25) is 0 Å². The number of carbonyl (C=O) groups excluding carboxylic acids is 1. The summed E-state index contributed by atoms with van der Waals surface area (Å²) < 4.78 is 33.8. The monoisotopic (exact) mass is 290 g/mol. The van der Waals surface area contributed by atoms with Gasteiger partial charge in [-0.15, -0.1) is 0 Å². The zero-order valence-electron chi connectivity index (χ0n) is 8.67. The van der Waals surface area contributed by atoms with E-state index in [0.717, 1.165) is 12.1 Å². The van der Waals surface area contributed by atoms with E-state index >= 15 is 0 Å². The first kappa shape index (κ1) is 12.8. The van der Waals surface area contributed by atoms with E-state index in [1.807, 2.05) is 0 Å². The fourth-order valence-corrected chi connectivity index (χ4v) is 2.78. The number of carbonyl (C=O) groups is 1. The average molecular weight is 290 g/mol. The van der Waals surface area contributed by atoms with E-state index in [-0.39, 0.29) is 21.4 Å². The summed E-state index contributed by atoms with van der Waals surface area (Å²) in [7, 11) is 1.22. The Balaban J connectivity index is 3.53. The van der Waals surface area contributed by atoms with Crippen molar-refractivity contribution in [3.8, 4) is 11.5 Å². The molecule has 0 fully saturated rings. The molecule has 88 valence electrons. The number of Topliss-reactive ketones (excluding diaryl/α,β-unsaturated/α-hetero) is 1. The van der Waals surface area contributed by atoms with E-state index in [1.54, 1.807) is 0 Å². The summed E-state index contributed by atoms with van der Waals surface area (Å²) in [4.78, 5) is 11.1. The first-order valence-electron chi connectivity index (χ1n) is 4.25. The molecular formula is C9H11AsO6. The van der Waals surface area contributed by atoms with Gasteiger partial charge in [-0.1, -0.05) is 0 Å². The predicted octanol–water partition coefficient (Wildman–Crippen LogP) is -0.836. The molecular weight excluding hydrogens is 279 g/mol. The Bertz CT molecular complexity index is 475. The predicted molar refractivity (Wildman–Crippen MR) is 55.2 cm³/mol. The minimum atomic E-state index is -5.18. The first-order valence-corrected chi connectivity index (χ1v) is 7.63. The Morgan fingerprint density at radius 1 is 1.38 bits per heavy atom. The van der Waals surface area contributed by atoms with E-state index < -0.39 is 20.0 Å². The SMILES string of the molecule is COc1cc(O)c(C(C)=O)cc1[As](=O)(O)O. The van der Waals surface area contributed by atoms with Gasteiger partial charge in [0.1, 0.15) is 0 Å². The third-order valence-corrected chi connectivity index (χ3v) is 4.04. The number of aromatic hydroxyl groups is 1. The molecule has 0 aliphatic heterocycles. The molecule has 6 nitrogen and oxygen atoms in total. The number of hydrogen-bond donors (Lipinski definition) is 3. The summed E-state index contributed by atoms with van der Waals surface area (Å²) in [6.07, 6.45) is 0. The summed E-state index contributed by atoms with van der Waals surface area (Å²) in [6.45, 7) is 1.19. The number of rotatable bonds is 3. The van der Waals surface area contributed by atoms with Gasteiger partial charge in [-0.2, -0.15) is 0 Å². The van der Waals surface area contributed by atoms with Crippen molar-refractivity contribution in [1.82, 2.24) is 0 Å². The van der Waals surface area contributed by atoms with Crippen LogP contribution in [0.1, 0.15) is 17.3 Å². The second-order valence-corrected chi connectivity index (χ2v) is 6.44. The van der Waals surface area contributed by atoms with Crippen molar-refractivity contribution >= 4 is 24.3 Å². The maximum absolute atomic E-state index is 11.2. The number of ketones is 1. The molecule has 0 aliphatic carbocycles. The van der Waals surface area contributed by atoms with Crippen molar-refractivity contribution in [3.63, 3.8) is 0 Å². The van der Waals surface area contributed by atoms with Crippen LogP contribution in [0.15, 0.2) is 12.1 Å². The van der Waals surface area contributed by atoms with Crippen molar-refractivity contribution in [2.24, 2.45) is 0 Å². The van der Waals surface area contributed by atoms with Gasteiger partial charge in [0.15, 0.2) is 0 Å². The number of methoxy groups -OCH3 is 1. The molecule has 1 rings (SSSR count). The number of ether oxygens (including phenoxy) is 1. The van der Waals surface area contributed by atoms with E-state index in [2.05, 4.69) is 0 Å². The van der Waals surface area contributed by atoms with Gasteiger partial charge >= 0.3 is 94.1 Å². The van der Waals surface area contributed by atoms with Gasteiger partial charge in [0.05, 0.1) is 0 Å². The summed E-state index contributed by atoms with van der Waals surface area (Å²) in [5.41, 5.74) is -0.138. The van der Waals surface area contributed by atoms with Crippen LogP contribution >= 0.6 is 0 Å². The molecule has 0 saturated heterocycles. The van der Waals surface area contributed by atoms with Crippen LogP contribution in [0.5, 0.6) is 11.5 Å². The van der Waals surface area contributed by atoms with Crippen molar-refractivity contribution in [3.05, 3.63) is 17.7 Å². The van der Waals surface area contributed by atoms with Gasteiger partial charge in [0.25, 0.3) is 0 Å². The summed E-state index contributed by atoms with van der Waals surface area (Å²) >= 11 is -5.18. The number of phenols is 1. The number of phenolic OH excluding ortho intramolecular Hbond substituents is 1. The van der Waals surface area contributed by atoms with Crippen LogP contribution in [0.3, 0.4) is 0 Å². The molecule has 16 heavy (non-hydrogen) atoms. The van der Waals surface area contributed by atoms with Gasteiger partial charge in [-0.05, 0) is 0 Å². The Kier molecular flexibility index (Phi) is 3.47. The van der Waals surface area contributed by atoms with Crippen molar-refractivity contribution in [2.45, 2.75) is 6.92 Å². The van der Waals surface area contributed by atoms with E-state index in [4.69, 9.17) is 12.9 Å². The van der Waals surface area contributed by atoms with Gasteiger partial charge in [-0.3, -0.25) is 0 Å². The molecule has 0 spiro atoms. The molecule has 0 aromatic heterocycles. The molecule has 0 radical (unpaired) electrons. The second-order valence-electron chi connectivity index (χ2n) is 3.14. The molecule has 0 heterocycles. The van der Waals surface area contributed by atoms with Gasteiger partial charge in [-0.25, -0.2) is 0 Å². The fraction of sp³-hybridized carbons (Fsp3) is 0.222. The summed E-state index contributed by atoms with van der Waals surface area (Å²) in [6, 6.07) is 1.99. The molecule has 7 heteroatoms. The Labute approximate surface area is 94.5 Å². The molecule has 1 aromatic carbocycles. The molecule has 0 aliphatic rings. The van der Waals surface area contributed by atoms with Crippen molar-refractivity contribution in [1.29, 1.82) is 0 Å². The zero-order valence-corrected chi connectivity index (χ0v) is 10.5. The molecule has 1 aromatic rings. The van der Waals surface area contributed by atoms with Crippen LogP contribution in [0.2, 0.25) is 0 Å². The zero-order chi connectivity index (χ0) is 12.5. The van der Waals surface area contributed by atoms with E-state index in [1.165, 1.54) is 14.0 Å². The van der Waals surface area contributed by atoms with E-state index in [0.29, 0.717) is 0 Å². The quantitative estimate of drug-likeness (QED) is 0.495. The summed E-state index contributed by atoms with van der Waals surface area (Å²) in [5.74, 6) is -0.975. The van der Waals surface area contributed by atoms with Crippen LogP contribution in [0.25, 0.3) is 0 Å². The molecule has 0 unspecified atom stereocenters. The third kappa shape index (κ3) is 2.47. The molecule has 0 saturated carbocycles. The van der Waals surface area contributed by atoms with E-state index in [9.17, 15) is 13.6 Å². The number of benzene rings is 1. The van der Waals surface area contributed by atoms with Gasteiger partial charge < -0.3 is 0 Å². The van der Waals surface area contributed by atoms with Crippen LogP contribution < -0.4 is 9.09 Å². The molecule has 0 atom stereocenters. The van der Waals surface area contributed by atoms with Crippen LogP contribution in [0, 0.1) is 0 Å². The summed E-state index contributed by atoms with van der Waals surface area (Å²) in [5, 5.41) is 9.44. The Hall–Kier alpha value is -1.23. The Morgan fingerprint density at radius 2 is 1.94 bits per heavy atom. The normalized spacial score (nSPS) is 11.2. The molecule has 0 bridgehead atoms. The van der Waals surface area contributed by atoms with Crippen LogP contribution in [-0.2, 0) is 3.74 Å². The minimum absolute atomic E-state index is 0.130. The van der Waals surface area contributed by atoms with Crippen LogP contribution in [0.4, 0.5) is 0 Å². The second kappa shape index (κ2) is 4.33. The van der Waals surface area contributed by atoms with Crippen LogP contribution in [-0.4, -0.2) is 40.4 Å². The molecule has 3 N–H and O–H groups in total. The average Bonchev–Trinajstić information content (AvgIpc) is 2.14. The molecule has 0 amide bonds. The first-order chi connectivity index (χ1) is 7.27. The third-order valence-electron chi connectivity index (χ3n) is 1.99. The van der Waals surface area contributed by atoms with Crippen molar-refractivity contribution in [2.75, 3.05) is 7.11 Å². The standard InChI is InChI=1S/C9H11AsO6/c1-5(11)6-3-7(10(13,14)15)9(16-2)4-8(6)12/h3-4,12H,1-2H3,(H2,13,14,15). The maximum atomic E-state index is 11.2. The number of hydrogen-bond acceptors (Lipinski definition) is 4.